The zero-order chi connectivity index (χ0) is 12.1. The molecule has 0 aliphatic rings. The summed E-state index contributed by atoms with van der Waals surface area (Å²) >= 11 is 0. The van der Waals surface area contributed by atoms with Crippen LogP contribution in [0.5, 0.6) is 11.5 Å². The fourth-order valence-electron chi connectivity index (χ4n) is 1.21. The van der Waals surface area contributed by atoms with Gasteiger partial charge < -0.3 is 20.6 Å². The summed E-state index contributed by atoms with van der Waals surface area (Å²) in [7, 11) is 0. The molecule has 88 valence electrons. The Hall–Kier alpha value is -1.75. The van der Waals surface area contributed by atoms with Crippen LogP contribution in [0.25, 0.3) is 0 Å². The first-order valence-corrected chi connectivity index (χ1v) is 5.02. The van der Waals surface area contributed by atoms with Gasteiger partial charge in [-0.3, -0.25) is 4.79 Å². The Kier molecular flexibility index (Phi) is 4.13. The van der Waals surface area contributed by atoms with Crippen LogP contribution in [0.1, 0.15) is 23.7 Å². The second-order valence-electron chi connectivity index (χ2n) is 3.46. The van der Waals surface area contributed by atoms with Gasteiger partial charge in [0.05, 0.1) is 12.6 Å². The average Bonchev–Trinajstić information content (AvgIpc) is 2.29. The highest BCUT2D eigenvalue weighted by molar-refractivity contribution is 5.95. The summed E-state index contributed by atoms with van der Waals surface area (Å²) in [6.45, 7) is 1.71. The highest BCUT2D eigenvalue weighted by Gasteiger charge is 2.12. The van der Waals surface area contributed by atoms with Gasteiger partial charge in [0.1, 0.15) is 0 Å². The number of carbonyl (C=O) groups excluding carboxylic acids is 1. The van der Waals surface area contributed by atoms with Crippen LogP contribution >= 0.6 is 0 Å². The third kappa shape index (κ3) is 2.87. The normalized spacial score (nSPS) is 12.1. The van der Waals surface area contributed by atoms with Crippen molar-refractivity contribution in [3.05, 3.63) is 23.8 Å². The van der Waals surface area contributed by atoms with E-state index in [0.717, 1.165) is 0 Å². The second-order valence-corrected chi connectivity index (χ2v) is 3.46. The van der Waals surface area contributed by atoms with E-state index in [4.69, 9.17) is 10.2 Å². The molecule has 0 aliphatic heterocycles. The topological polar surface area (TPSA) is 89.8 Å². The number of phenols is 2. The van der Waals surface area contributed by atoms with Crippen molar-refractivity contribution in [2.24, 2.45) is 0 Å². The van der Waals surface area contributed by atoms with Crippen molar-refractivity contribution in [1.82, 2.24) is 5.32 Å². The molecule has 0 heterocycles. The summed E-state index contributed by atoms with van der Waals surface area (Å²) < 4.78 is 0. The van der Waals surface area contributed by atoms with Crippen LogP contribution < -0.4 is 5.32 Å². The maximum atomic E-state index is 11.6. The molecule has 16 heavy (non-hydrogen) atoms. The summed E-state index contributed by atoms with van der Waals surface area (Å²) in [4.78, 5) is 11.6. The third-order valence-electron chi connectivity index (χ3n) is 2.29. The van der Waals surface area contributed by atoms with Crippen molar-refractivity contribution in [1.29, 1.82) is 0 Å². The molecular weight excluding hydrogens is 210 g/mol. The van der Waals surface area contributed by atoms with Gasteiger partial charge in [-0.25, -0.2) is 0 Å². The van der Waals surface area contributed by atoms with E-state index in [9.17, 15) is 9.90 Å². The lowest BCUT2D eigenvalue weighted by atomic mass is 10.1. The Bertz CT molecular complexity index is 374. The molecule has 0 saturated carbocycles. The molecule has 0 radical (unpaired) electrons. The van der Waals surface area contributed by atoms with Crippen LogP contribution in [0.2, 0.25) is 0 Å². The summed E-state index contributed by atoms with van der Waals surface area (Å²) in [5, 5.41) is 29.8. The largest absolute Gasteiger partial charge is 0.504 e. The molecule has 0 fully saturated rings. The zero-order valence-electron chi connectivity index (χ0n) is 8.97. The van der Waals surface area contributed by atoms with Gasteiger partial charge >= 0.3 is 0 Å². The van der Waals surface area contributed by atoms with Crippen molar-refractivity contribution >= 4 is 5.91 Å². The van der Waals surface area contributed by atoms with Gasteiger partial charge in [0.25, 0.3) is 5.91 Å². The van der Waals surface area contributed by atoms with Crippen molar-refractivity contribution in [3.63, 3.8) is 0 Å². The summed E-state index contributed by atoms with van der Waals surface area (Å²) in [6, 6.07) is 3.51. The number of amides is 1. The molecule has 1 atom stereocenters. The second kappa shape index (κ2) is 5.37. The summed E-state index contributed by atoms with van der Waals surface area (Å²) in [5.41, 5.74) is 0.238. The number of aliphatic hydroxyl groups excluding tert-OH is 1. The first-order chi connectivity index (χ1) is 7.58. The molecule has 0 spiro atoms. The minimum absolute atomic E-state index is 0.133. The molecule has 0 saturated heterocycles. The highest BCUT2D eigenvalue weighted by atomic mass is 16.3. The maximum absolute atomic E-state index is 11.6. The van der Waals surface area contributed by atoms with E-state index >= 15 is 0 Å². The van der Waals surface area contributed by atoms with Gasteiger partial charge in [-0.15, -0.1) is 0 Å². The minimum Gasteiger partial charge on any atom is -0.504 e. The van der Waals surface area contributed by atoms with E-state index in [2.05, 4.69) is 5.32 Å². The molecule has 5 nitrogen and oxygen atoms in total. The highest BCUT2D eigenvalue weighted by Crippen LogP contribution is 2.24. The lowest BCUT2D eigenvalue weighted by molar-refractivity contribution is 0.0914. The lowest BCUT2D eigenvalue weighted by Crippen LogP contribution is -2.36. The molecule has 0 aromatic heterocycles. The van der Waals surface area contributed by atoms with Gasteiger partial charge in [0.15, 0.2) is 11.5 Å². The Morgan fingerprint density at radius 3 is 2.56 bits per heavy atom. The predicted molar refractivity (Wildman–Crippen MR) is 58.4 cm³/mol. The predicted octanol–water partition coefficient (Wildman–Crippen LogP) is 0.599. The number of benzene rings is 1. The molecule has 1 aromatic rings. The van der Waals surface area contributed by atoms with Gasteiger partial charge in [0.2, 0.25) is 0 Å². The fraction of sp³-hybridized carbons (Fsp3) is 0.364. The van der Waals surface area contributed by atoms with Crippen LogP contribution in [0.4, 0.5) is 0 Å². The summed E-state index contributed by atoms with van der Waals surface area (Å²) in [6.07, 6.45) is 0.617. The quantitative estimate of drug-likeness (QED) is 0.565. The molecule has 4 N–H and O–H groups in total. The lowest BCUT2D eigenvalue weighted by Gasteiger charge is -2.14. The standard InChI is InChI=1S/C11H15NO4/c1-2-8(6-13)12-11(16)7-3-4-9(14)10(15)5-7/h3-5,8,13-15H,2,6H2,1H3,(H,12,16)/t8-/m0/s1. The van der Waals surface area contributed by atoms with Crippen molar-refractivity contribution in [3.8, 4) is 11.5 Å². The Morgan fingerprint density at radius 1 is 1.38 bits per heavy atom. The van der Waals surface area contributed by atoms with E-state index in [1.807, 2.05) is 6.92 Å². The average molecular weight is 225 g/mol. The molecule has 0 unspecified atom stereocenters. The Labute approximate surface area is 93.4 Å². The third-order valence-corrected chi connectivity index (χ3v) is 2.29. The first-order valence-electron chi connectivity index (χ1n) is 5.02. The SMILES string of the molecule is CC[C@@H](CO)NC(=O)c1ccc(O)c(O)c1. The van der Waals surface area contributed by atoms with Crippen LogP contribution in [0, 0.1) is 0 Å². The number of aliphatic hydroxyl groups is 1. The monoisotopic (exact) mass is 225 g/mol. The molecule has 5 heteroatoms. The van der Waals surface area contributed by atoms with Gasteiger partial charge in [-0.1, -0.05) is 6.92 Å². The number of aromatic hydroxyl groups is 2. The molecule has 0 aliphatic carbocycles. The van der Waals surface area contributed by atoms with Crippen LogP contribution in [-0.4, -0.2) is 33.9 Å². The first kappa shape index (κ1) is 12.3. The van der Waals surface area contributed by atoms with E-state index in [0.29, 0.717) is 6.42 Å². The number of hydrogen-bond donors (Lipinski definition) is 4. The number of nitrogens with one attached hydrogen (secondary N) is 1. The molecule has 1 amide bonds. The molecule has 1 aromatic carbocycles. The van der Waals surface area contributed by atoms with Gasteiger partial charge in [-0.2, -0.15) is 0 Å². The van der Waals surface area contributed by atoms with E-state index in [1.165, 1.54) is 18.2 Å². The number of rotatable bonds is 4. The molecule has 1 rings (SSSR count). The van der Waals surface area contributed by atoms with E-state index in [-0.39, 0.29) is 29.7 Å². The number of carbonyl (C=O) groups is 1. The molecule has 0 bridgehead atoms. The van der Waals surface area contributed by atoms with Crippen LogP contribution in [0.3, 0.4) is 0 Å². The van der Waals surface area contributed by atoms with E-state index < -0.39 is 5.91 Å². The minimum atomic E-state index is -0.392. The van der Waals surface area contributed by atoms with Crippen molar-refractivity contribution in [2.45, 2.75) is 19.4 Å². The van der Waals surface area contributed by atoms with Crippen molar-refractivity contribution < 1.29 is 20.1 Å². The van der Waals surface area contributed by atoms with Crippen LogP contribution in [0.15, 0.2) is 18.2 Å². The van der Waals surface area contributed by atoms with Crippen LogP contribution in [-0.2, 0) is 0 Å². The van der Waals surface area contributed by atoms with Crippen molar-refractivity contribution in [2.75, 3.05) is 6.61 Å². The van der Waals surface area contributed by atoms with Gasteiger partial charge in [-0.05, 0) is 24.6 Å². The van der Waals surface area contributed by atoms with E-state index in [1.54, 1.807) is 0 Å². The smallest absolute Gasteiger partial charge is 0.251 e. The number of hydrogen-bond acceptors (Lipinski definition) is 4. The Morgan fingerprint density at radius 2 is 2.06 bits per heavy atom. The fourth-order valence-corrected chi connectivity index (χ4v) is 1.21. The van der Waals surface area contributed by atoms with Gasteiger partial charge in [0, 0.05) is 5.56 Å². The number of phenolic OH excluding ortho intramolecular Hbond substituents is 2. The molecular formula is C11H15NO4. The summed E-state index contributed by atoms with van der Waals surface area (Å²) in [5.74, 6) is -1.01. The zero-order valence-corrected chi connectivity index (χ0v) is 8.97. The maximum Gasteiger partial charge on any atom is 0.251 e. The Balaban J connectivity index is 2.76.